The molecule has 0 saturated carbocycles. The molecule has 0 saturated heterocycles. The van der Waals surface area contributed by atoms with Gasteiger partial charge in [-0.05, 0) is 57.2 Å². The summed E-state index contributed by atoms with van der Waals surface area (Å²) in [4.78, 5) is 7.95. The molecular formula is C15H19N5S. The molecule has 2 heterocycles. The van der Waals surface area contributed by atoms with Crippen molar-refractivity contribution >= 4 is 28.5 Å². The molecule has 0 amide bonds. The van der Waals surface area contributed by atoms with Crippen LogP contribution < -0.4 is 5.73 Å². The van der Waals surface area contributed by atoms with Gasteiger partial charge in [0.2, 0.25) is 0 Å². The molecule has 0 aliphatic rings. The second kappa shape index (κ2) is 5.11. The van der Waals surface area contributed by atoms with E-state index in [1.807, 2.05) is 17.7 Å². The quantitative estimate of drug-likeness (QED) is 0.774. The smallest absolute Gasteiger partial charge is 0.172 e. The minimum absolute atomic E-state index is 0.259. The molecule has 0 fully saturated rings. The van der Waals surface area contributed by atoms with Crippen molar-refractivity contribution in [1.82, 2.24) is 19.7 Å². The van der Waals surface area contributed by atoms with Crippen LogP contribution >= 0.6 is 11.8 Å². The lowest BCUT2D eigenvalue weighted by molar-refractivity contribution is 0.491. The van der Waals surface area contributed by atoms with Crippen LogP contribution in [0.1, 0.15) is 31.1 Å². The third-order valence-corrected chi connectivity index (χ3v) is 4.37. The molecule has 0 radical (unpaired) electrons. The van der Waals surface area contributed by atoms with Gasteiger partial charge in [-0.2, -0.15) is 5.10 Å². The predicted molar refractivity (Wildman–Crippen MR) is 86.7 cm³/mol. The topological polar surface area (TPSA) is 72.5 Å². The van der Waals surface area contributed by atoms with Crippen molar-refractivity contribution in [2.24, 2.45) is 0 Å². The fraction of sp³-hybridized carbons (Fsp3) is 0.333. The van der Waals surface area contributed by atoms with Crippen molar-refractivity contribution in [2.75, 3.05) is 5.73 Å². The Morgan fingerprint density at radius 1 is 1.29 bits per heavy atom. The van der Waals surface area contributed by atoms with Gasteiger partial charge in [0, 0.05) is 6.04 Å². The number of aromatic amines is 1. The Hall–Kier alpha value is -1.95. The number of aromatic nitrogens is 4. The summed E-state index contributed by atoms with van der Waals surface area (Å²) >= 11 is 1.53. The summed E-state index contributed by atoms with van der Waals surface area (Å²) in [6.45, 7) is 8.19. The van der Waals surface area contributed by atoms with Crippen LogP contribution in [0.5, 0.6) is 0 Å². The fourth-order valence-electron chi connectivity index (χ4n) is 2.23. The number of H-pyrrole nitrogens is 1. The molecule has 6 heteroatoms. The van der Waals surface area contributed by atoms with Gasteiger partial charge in [-0.1, -0.05) is 6.07 Å². The first kappa shape index (κ1) is 14.0. The van der Waals surface area contributed by atoms with Crippen LogP contribution in [0.15, 0.2) is 28.4 Å². The lowest BCUT2D eigenvalue weighted by Gasteiger charge is -2.09. The van der Waals surface area contributed by atoms with Crippen LogP contribution in [0, 0.1) is 13.8 Å². The number of nitrogen functional groups attached to an aromatic ring is 1. The molecule has 2 aromatic heterocycles. The summed E-state index contributed by atoms with van der Waals surface area (Å²) in [5.74, 6) is 0. The minimum atomic E-state index is 0.259. The number of anilines is 1. The van der Waals surface area contributed by atoms with Crippen molar-refractivity contribution in [2.45, 2.75) is 43.9 Å². The normalized spacial score (nSPS) is 11.7. The largest absolute Gasteiger partial charge is 0.395 e. The first-order valence-electron chi connectivity index (χ1n) is 6.94. The Bertz CT molecular complexity index is 800. The van der Waals surface area contributed by atoms with Gasteiger partial charge >= 0.3 is 0 Å². The van der Waals surface area contributed by atoms with Gasteiger partial charge in [0.25, 0.3) is 0 Å². The second-order valence-electron chi connectivity index (χ2n) is 5.51. The van der Waals surface area contributed by atoms with Crippen molar-refractivity contribution in [3.63, 3.8) is 0 Å². The standard InChI is InChI=1S/C15H19N5S/c1-8(2)20-14(13(16)10(4)19-20)21-15-17-11-6-5-9(3)7-12(11)18-15/h5-8H,16H2,1-4H3,(H,17,18). The van der Waals surface area contributed by atoms with E-state index >= 15 is 0 Å². The van der Waals surface area contributed by atoms with Crippen LogP contribution in [0.4, 0.5) is 5.69 Å². The first-order valence-corrected chi connectivity index (χ1v) is 7.76. The maximum atomic E-state index is 6.16. The van der Waals surface area contributed by atoms with Gasteiger partial charge in [-0.15, -0.1) is 0 Å². The molecule has 21 heavy (non-hydrogen) atoms. The van der Waals surface area contributed by atoms with E-state index in [-0.39, 0.29) is 6.04 Å². The van der Waals surface area contributed by atoms with Crippen molar-refractivity contribution in [1.29, 1.82) is 0 Å². The van der Waals surface area contributed by atoms with Crippen molar-refractivity contribution < 1.29 is 0 Å². The molecule has 0 aliphatic carbocycles. The Balaban J connectivity index is 2.02. The van der Waals surface area contributed by atoms with E-state index in [1.54, 1.807) is 0 Å². The van der Waals surface area contributed by atoms with Gasteiger partial charge in [-0.3, -0.25) is 4.68 Å². The molecule has 0 bridgehead atoms. The molecule has 3 N–H and O–H groups in total. The number of nitrogens with zero attached hydrogens (tertiary/aromatic N) is 3. The third kappa shape index (κ3) is 2.51. The van der Waals surface area contributed by atoms with Gasteiger partial charge in [0.15, 0.2) is 5.16 Å². The highest BCUT2D eigenvalue weighted by Crippen LogP contribution is 2.34. The summed E-state index contributed by atoms with van der Waals surface area (Å²) < 4.78 is 1.95. The first-order chi connectivity index (χ1) is 9.95. The average molecular weight is 301 g/mol. The number of rotatable bonds is 3. The SMILES string of the molecule is Cc1ccc2nc(Sc3c(N)c(C)nn3C(C)C)[nH]c2c1. The third-order valence-electron chi connectivity index (χ3n) is 3.38. The summed E-state index contributed by atoms with van der Waals surface area (Å²) in [6.07, 6.45) is 0. The molecule has 0 atom stereocenters. The monoisotopic (exact) mass is 301 g/mol. The highest BCUT2D eigenvalue weighted by molar-refractivity contribution is 7.99. The molecule has 1 aromatic carbocycles. The zero-order chi connectivity index (χ0) is 15.1. The number of benzene rings is 1. The van der Waals surface area contributed by atoms with Gasteiger partial charge in [-0.25, -0.2) is 4.98 Å². The highest BCUT2D eigenvalue weighted by atomic mass is 32.2. The summed E-state index contributed by atoms with van der Waals surface area (Å²) in [7, 11) is 0. The molecule has 0 unspecified atom stereocenters. The molecule has 3 aromatic rings. The Kier molecular flexibility index (Phi) is 3.41. The Morgan fingerprint density at radius 2 is 2.05 bits per heavy atom. The molecule has 3 rings (SSSR count). The Morgan fingerprint density at radius 3 is 2.76 bits per heavy atom. The molecule has 0 spiro atoms. The molecule has 5 nitrogen and oxygen atoms in total. The van der Waals surface area contributed by atoms with E-state index in [0.717, 1.165) is 32.6 Å². The maximum Gasteiger partial charge on any atom is 0.172 e. The summed E-state index contributed by atoms with van der Waals surface area (Å²) in [6, 6.07) is 6.45. The summed E-state index contributed by atoms with van der Waals surface area (Å²) in [5, 5.41) is 6.28. The predicted octanol–water partition coefficient (Wildman–Crippen LogP) is 3.69. The van der Waals surface area contributed by atoms with Crippen LogP contribution in [0.25, 0.3) is 11.0 Å². The van der Waals surface area contributed by atoms with Crippen molar-refractivity contribution in [3.8, 4) is 0 Å². The van der Waals surface area contributed by atoms with Crippen LogP contribution in [-0.2, 0) is 0 Å². The number of aryl methyl sites for hydroxylation is 2. The number of hydrogen-bond donors (Lipinski definition) is 2. The highest BCUT2D eigenvalue weighted by Gasteiger charge is 2.17. The van der Waals surface area contributed by atoms with Crippen molar-refractivity contribution in [3.05, 3.63) is 29.5 Å². The lowest BCUT2D eigenvalue weighted by atomic mass is 10.2. The van der Waals surface area contributed by atoms with Crippen LogP contribution in [0.2, 0.25) is 0 Å². The van der Waals surface area contributed by atoms with E-state index in [2.05, 4.69) is 48.0 Å². The number of imidazole rings is 1. The molecule has 110 valence electrons. The fourth-order valence-corrected chi connectivity index (χ4v) is 3.32. The zero-order valence-electron chi connectivity index (χ0n) is 12.6. The van der Waals surface area contributed by atoms with E-state index < -0.39 is 0 Å². The van der Waals surface area contributed by atoms with E-state index in [0.29, 0.717) is 0 Å². The molecule has 0 aliphatic heterocycles. The van der Waals surface area contributed by atoms with Crippen LogP contribution in [-0.4, -0.2) is 19.7 Å². The number of hydrogen-bond acceptors (Lipinski definition) is 4. The van der Waals surface area contributed by atoms with Gasteiger partial charge in [0.1, 0.15) is 5.03 Å². The average Bonchev–Trinajstić information content (AvgIpc) is 2.94. The zero-order valence-corrected chi connectivity index (χ0v) is 13.5. The van der Waals surface area contributed by atoms with E-state index in [1.165, 1.54) is 17.3 Å². The Labute approximate surface area is 127 Å². The minimum Gasteiger partial charge on any atom is -0.395 e. The van der Waals surface area contributed by atoms with Gasteiger partial charge < -0.3 is 10.7 Å². The maximum absolute atomic E-state index is 6.16. The van der Waals surface area contributed by atoms with E-state index in [9.17, 15) is 0 Å². The second-order valence-corrected chi connectivity index (χ2v) is 6.48. The number of nitrogens with one attached hydrogen (secondary N) is 1. The number of fused-ring (bicyclic) bond motifs is 1. The van der Waals surface area contributed by atoms with Gasteiger partial charge in [0.05, 0.1) is 22.4 Å². The lowest BCUT2D eigenvalue weighted by Crippen LogP contribution is -2.04. The summed E-state index contributed by atoms with van der Waals surface area (Å²) in [5.41, 5.74) is 11.0. The van der Waals surface area contributed by atoms with E-state index in [4.69, 9.17) is 5.73 Å². The molecular weight excluding hydrogens is 282 g/mol. The number of nitrogens with two attached hydrogens (primary N) is 1. The van der Waals surface area contributed by atoms with Crippen LogP contribution in [0.3, 0.4) is 0 Å².